The Morgan fingerprint density at radius 2 is 1.57 bits per heavy atom. The summed E-state index contributed by atoms with van der Waals surface area (Å²) in [5, 5.41) is 5.21. The molecular weight excluding hydrogens is 563 g/mol. The predicted octanol–water partition coefficient (Wildman–Crippen LogP) is 6.85. The number of Topliss-reactive ketones (excluding diaryl/α,β-unsaturated/α-hetero) is 1. The molecular formula is C32H28F3N3O3S. The van der Waals surface area contributed by atoms with Gasteiger partial charge in [-0.15, -0.1) is 11.3 Å². The second-order valence-electron chi connectivity index (χ2n) is 10.2. The summed E-state index contributed by atoms with van der Waals surface area (Å²) in [6.07, 6.45) is -3.11. The van der Waals surface area contributed by atoms with Crippen LogP contribution in [0, 0.1) is 0 Å². The number of likely N-dealkylation sites (tertiary alicyclic amines) is 1. The van der Waals surface area contributed by atoms with E-state index in [0.29, 0.717) is 48.2 Å². The van der Waals surface area contributed by atoms with Crippen molar-refractivity contribution in [3.8, 4) is 11.1 Å². The highest BCUT2D eigenvalue weighted by molar-refractivity contribution is 7.09. The summed E-state index contributed by atoms with van der Waals surface area (Å²) in [6.45, 7) is 2.60. The second kappa shape index (κ2) is 12.3. The molecule has 10 heteroatoms. The molecule has 1 N–H and O–H groups in total. The van der Waals surface area contributed by atoms with Gasteiger partial charge < -0.3 is 10.2 Å². The Balaban J connectivity index is 1.20. The third-order valence-corrected chi connectivity index (χ3v) is 8.37. The van der Waals surface area contributed by atoms with Crippen LogP contribution < -0.4 is 5.32 Å². The first-order valence-electron chi connectivity index (χ1n) is 13.5. The number of amides is 2. The van der Waals surface area contributed by atoms with Crippen LogP contribution in [0.15, 0.2) is 84.2 Å². The van der Waals surface area contributed by atoms with Crippen LogP contribution in [-0.4, -0.2) is 46.6 Å². The molecule has 1 aliphatic rings. The number of ketones is 1. The number of nitrogens with zero attached hydrogens (tertiary/aromatic N) is 2. The third-order valence-electron chi connectivity index (χ3n) is 7.37. The Kier molecular flexibility index (Phi) is 8.54. The van der Waals surface area contributed by atoms with E-state index >= 15 is 0 Å². The Bertz CT molecular complexity index is 1580. The molecule has 42 heavy (non-hydrogen) atoms. The standard InChI is InChI=1S/C32H28F3N3O3S/c1-20(28(39)22-7-3-2-4-8-22)36-29(40)27-19-42-30(37-27)23-15-17-38(18-16-23)31(41)26-10-6-5-9-25(26)21-11-13-24(14-12-21)32(33,34)35/h2-14,19-20,23H,15-18H2,1H3,(H,36,40)/t20-/m1/s1. The van der Waals surface area contributed by atoms with Gasteiger partial charge in [0.15, 0.2) is 5.78 Å². The minimum atomic E-state index is -4.43. The predicted molar refractivity (Wildman–Crippen MR) is 155 cm³/mol. The first-order chi connectivity index (χ1) is 20.1. The van der Waals surface area contributed by atoms with Crippen LogP contribution in [0.25, 0.3) is 11.1 Å². The smallest absolute Gasteiger partial charge is 0.341 e. The summed E-state index contributed by atoms with van der Waals surface area (Å²) in [5.74, 6) is -0.701. The van der Waals surface area contributed by atoms with Gasteiger partial charge in [-0.1, -0.05) is 60.7 Å². The van der Waals surface area contributed by atoms with Gasteiger partial charge in [-0.3, -0.25) is 14.4 Å². The van der Waals surface area contributed by atoms with Crippen molar-refractivity contribution in [1.29, 1.82) is 0 Å². The number of carbonyl (C=O) groups is 3. The van der Waals surface area contributed by atoms with E-state index in [1.54, 1.807) is 65.7 Å². The van der Waals surface area contributed by atoms with Crippen LogP contribution in [-0.2, 0) is 6.18 Å². The Morgan fingerprint density at radius 3 is 2.24 bits per heavy atom. The highest BCUT2D eigenvalue weighted by atomic mass is 32.1. The van der Waals surface area contributed by atoms with E-state index in [1.807, 2.05) is 6.07 Å². The van der Waals surface area contributed by atoms with Gasteiger partial charge in [0.25, 0.3) is 11.8 Å². The Morgan fingerprint density at radius 1 is 0.929 bits per heavy atom. The molecule has 0 radical (unpaired) electrons. The van der Waals surface area contributed by atoms with Gasteiger partial charge >= 0.3 is 6.18 Å². The Hall–Kier alpha value is -4.31. The van der Waals surface area contributed by atoms with Gasteiger partial charge in [-0.05, 0) is 49.1 Å². The number of benzene rings is 3. The molecule has 216 valence electrons. The second-order valence-corrected chi connectivity index (χ2v) is 11.1. The summed E-state index contributed by atoms with van der Waals surface area (Å²) >= 11 is 1.38. The average molecular weight is 592 g/mol. The molecule has 0 aliphatic carbocycles. The summed E-state index contributed by atoms with van der Waals surface area (Å²) in [5.41, 5.74) is 1.58. The maximum atomic E-state index is 13.5. The summed E-state index contributed by atoms with van der Waals surface area (Å²) in [7, 11) is 0. The fraction of sp³-hybridized carbons (Fsp3) is 0.250. The number of nitrogens with one attached hydrogen (secondary N) is 1. The number of alkyl halides is 3. The number of thiazole rings is 1. The number of hydrogen-bond acceptors (Lipinski definition) is 5. The molecule has 4 aromatic rings. The lowest BCUT2D eigenvalue weighted by Crippen LogP contribution is -2.39. The maximum Gasteiger partial charge on any atom is 0.416 e. The van der Waals surface area contributed by atoms with Gasteiger partial charge in [0, 0.05) is 35.5 Å². The van der Waals surface area contributed by atoms with Crippen molar-refractivity contribution < 1.29 is 27.6 Å². The minimum Gasteiger partial charge on any atom is -0.341 e. The highest BCUT2D eigenvalue weighted by Crippen LogP contribution is 2.34. The van der Waals surface area contributed by atoms with Gasteiger partial charge in [0.1, 0.15) is 5.69 Å². The van der Waals surface area contributed by atoms with Crippen molar-refractivity contribution in [1.82, 2.24) is 15.2 Å². The van der Waals surface area contributed by atoms with Gasteiger partial charge in [0.05, 0.1) is 16.6 Å². The van der Waals surface area contributed by atoms with E-state index < -0.39 is 23.7 Å². The number of carbonyl (C=O) groups excluding carboxylic acids is 3. The number of halogens is 3. The van der Waals surface area contributed by atoms with Crippen LogP contribution in [0.2, 0.25) is 0 Å². The molecule has 5 rings (SSSR count). The summed E-state index contributed by atoms with van der Waals surface area (Å²) in [6, 6.07) is 19.8. The molecule has 1 atom stereocenters. The van der Waals surface area contributed by atoms with E-state index in [2.05, 4.69) is 10.3 Å². The topological polar surface area (TPSA) is 79.4 Å². The molecule has 2 heterocycles. The van der Waals surface area contributed by atoms with Gasteiger partial charge in [-0.2, -0.15) is 13.2 Å². The number of aromatic nitrogens is 1. The minimum absolute atomic E-state index is 0.0779. The fourth-order valence-corrected chi connectivity index (χ4v) is 6.00. The van der Waals surface area contributed by atoms with Crippen molar-refractivity contribution in [3.05, 3.63) is 112 Å². The first kappa shape index (κ1) is 29.2. The molecule has 0 unspecified atom stereocenters. The van der Waals surface area contributed by atoms with E-state index in [9.17, 15) is 27.6 Å². The van der Waals surface area contributed by atoms with Crippen molar-refractivity contribution >= 4 is 28.9 Å². The van der Waals surface area contributed by atoms with Gasteiger partial charge in [-0.25, -0.2) is 4.98 Å². The number of rotatable bonds is 7. The number of hydrogen-bond donors (Lipinski definition) is 1. The van der Waals surface area contributed by atoms with Crippen molar-refractivity contribution in [2.24, 2.45) is 0 Å². The quantitative estimate of drug-likeness (QED) is 0.239. The molecule has 1 aliphatic heterocycles. The van der Waals surface area contributed by atoms with Crippen LogP contribution in [0.5, 0.6) is 0 Å². The van der Waals surface area contributed by atoms with E-state index in [0.717, 1.165) is 17.1 Å². The largest absolute Gasteiger partial charge is 0.416 e. The SMILES string of the molecule is C[C@@H](NC(=O)c1csc(C2CCN(C(=O)c3ccccc3-c3ccc(C(F)(F)F)cc3)CC2)n1)C(=O)c1ccccc1. The molecule has 3 aromatic carbocycles. The molecule has 1 aromatic heterocycles. The first-order valence-corrected chi connectivity index (χ1v) is 14.4. The van der Waals surface area contributed by atoms with Gasteiger partial charge in [0.2, 0.25) is 0 Å². The lowest BCUT2D eigenvalue weighted by molar-refractivity contribution is -0.137. The molecule has 1 fully saturated rings. The highest BCUT2D eigenvalue weighted by Gasteiger charge is 2.31. The van der Waals surface area contributed by atoms with E-state index in [4.69, 9.17) is 0 Å². The molecule has 0 spiro atoms. The Labute approximate surface area is 245 Å². The molecule has 2 amide bonds. The average Bonchev–Trinajstić information content (AvgIpc) is 3.51. The van der Waals surface area contributed by atoms with Crippen LogP contribution in [0.1, 0.15) is 67.5 Å². The van der Waals surface area contributed by atoms with Crippen LogP contribution in [0.3, 0.4) is 0 Å². The van der Waals surface area contributed by atoms with Crippen molar-refractivity contribution in [3.63, 3.8) is 0 Å². The van der Waals surface area contributed by atoms with Crippen molar-refractivity contribution in [2.45, 2.75) is 37.9 Å². The molecule has 0 saturated carbocycles. The summed E-state index contributed by atoms with van der Waals surface area (Å²) in [4.78, 5) is 45.1. The normalized spacial score (nSPS) is 14.8. The molecule has 6 nitrogen and oxygen atoms in total. The monoisotopic (exact) mass is 591 g/mol. The maximum absolute atomic E-state index is 13.5. The third kappa shape index (κ3) is 6.44. The zero-order valence-corrected chi connectivity index (χ0v) is 23.5. The number of piperidine rings is 1. The van der Waals surface area contributed by atoms with Crippen LogP contribution >= 0.6 is 11.3 Å². The zero-order valence-electron chi connectivity index (χ0n) is 22.7. The fourth-order valence-electron chi connectivity index (χ4n) is 5.03. The van der Waals surface area contributed by atoms with E-state index in [-0.39, 0.29) is 23.3 Å². The summed E-state index contributed by atoms with van der Waals surface area (Å²) < 4.78 is 39.0. The lowest BCUT2D eigenvalue weighted by atomic mass is 9.94. The molecule has 0 bridgehead atoms. The zero-order chi connectivity index (χ0) is 29.9. The van der Waals surface area contributed by atoms with E-state index in [1.165, 1.54) is 23.5 Å². The van der Waals surface area contributed by atoms with Crippen LogP contribution in [0.4, 0.5) is 13.2 Å². The molecule has 1 saturated heterocycles. The lowest BCUT2D eigenvalue weighted by Gasteiger charge is -2.31. The van der Waals surface area contributed by atoms with Crippen molar-refractivity contribution in [2.75, 3.05) is 13.1 Å².